The van der Waals surface area contributed by atoms with Crippen LogP contribution in [0.15, 0.2) is 60.7 Å². The summed E-state index contributed by atoms with van der Waals surface area (Å²) in [6.07, 6.45) is 0. The van der Waals surface area contributed by atoms with Gasteiger partial charge in [0.2, 0.25) is 0 Å². The molecule has 0 saturated heterocycles. The molecular formula is C15H15N3OS. The molecule has 0 atom stereocenters. The van der Waals surface area contributed by atoms with Gasteiger partial charge in [0.25, 0.3) is 5.91 Å². The number of amides is 1. The summed E-state index contributed by atoms with van der Waals surface area (Å²) < 4.78 is 0. The van der Waals surface area contributed by atoms with Crippen LogP contribution in [0.3, 0.4) is 0 Å². The zero-order valence-electron chi connectivity index (χ0n) is 10.8. The van der Waals surface area contributed by atoms with Crippen LogP contribution in [0.4, 0.5) is 0 Å². The molecule has 0 spiro atoms. The number of carbonyl (C=O) groups excluding carboxylic acids is 1. The minimum atomic E-state index is -0.178. The van der Waals surface area contributed by atoms with E-state index in [9.17, 15) is 4.79 Å². The minimum absolute atomic E-state index is 0.0604. The highest BCUT2D eigenvalue weighted by molar-refractivity contribution is 7.80. The number of hydrogen-bond donors (Lipinski definition) is 2. The van der Waals surface area contributed by atoms with Gasteiger partial charge in [0.1, 0.15) is 0 Å². The predicted octanol–water partition coefficient (Wildman–Crippen LogP) is 2.08. The second kappa shape index (κ2) is 6.68. The van der Waals surface area contributed by atoms with Crippen molar-refractivity contribution in [3.63, 3.8) is 0 Å². The zero-order valence-corrected chi connectivity index (χ0v) is 11.6. The summed E-state index contributed by atoms with van der Waals surface area (Å²) in [5, 5.41) is 1.47. The Morgan fingerprint density at radius 1 is 1.05 bits per heavy atom. The molecule has 0 unspecified atom stereocenters. The van der Waals surface area contributed by atoms with E-state index in [0.29, 0.717) is 12.1 Å². The predicted molar refractivity (Wildman–Crippen MR) is 82.7 cm³/mol. The van der Waals surface area contributed by atoms with Crippen LogP contribution in [-0.2, 0) is 6.54 Å². The number of carbonyl (C=O) groups is 1. The van der Waals surface area contributed by atoms with E-state index in [4.69, 9.17) is 18.0 Å². The lowest BCUT2D eigenvalue weighted by Gasteiger charge is -2.23. The molecule has 2 aromatic rings. The van der Waals surface area contributed by atoms with Gasteiger partial charge in [-0.3, -0.25) is 10.2 Å². The van der Waals surface area contributed by atoms with Gasteiger partial charge in [0.05, 0.1) is 6.54 Å². The van der Waals surface area contributed by atoms with Crippen LogP contribution < -0.4 is 11.2 Å². The SMILES string of the molecule is NC(=S)NN(Cc1ccccc1)C(=O)c1ccccc1. The second-order valence-electron chi connectivity index (χ2n) is 4.22. The highest BCUT2D eigenvalue weighted by atomic mass is 32.1. The highest BCUT2D eigenvalue weighted by Gasteiger charge is 2.16. The first-order valence-electron chi connectivity index (χ1n) is 6.14. The Bertz CT molecular complexity index is 587. The van der Waals surface area contributed by atoms with E-state index in [-0.39, 0.29) is 11.0 Å². The van der Waals surface area contributed by atoms with Gasteiger partial charge in [-0.25, -0.2) is 5.01 Å². The molecular weight excluding hydrogens is 270 g/mol. The van der Waals surface area contributed by atoms with Crippen molar-refractivity contribution >= 4 is 23.2 Å². The van der Waals surface area contributed by atoms with Crippen LogP contribution in [0.25, 0.3) is 0 Å². The molecule has 2 rings (SSSR count). The number of nitrogens with two attached hydrogens (primary N) is 1. The maximum Gasteiger partial charge on any atom is 0.272 e. The number of nitrogens with zero attached hydrogens (tertiary/aromatic N) is 1. The van der Waals surface area contributed by atoms with E-state index in [1.807, 2.05) is 48.5 Å². The Kier molecular flexibility index (Phi) is 4.68. The molecule has 0 aliphatic carbocycles. The Morgan fingerprint density at radius 3 is 2.15 bits per heavy atom. The number of rotatable bonds is 3. The summed E-state index contributed by atoms with van der Waals surface area (Å²) in [5.41, 5.74) is 9.77. The van der Waals surface area contributed by atoms with Crippen molar-refractivity contribution in [2.75, 3.05) is 0 Å². The van der Waals surface area contributed by atoms with Crippen molar-refractivity contribution in [1.82, 2.24) is 10.4 Å². The largest absolute Gasteiger partial charge is 0.375 e. The molecule has 3 N–H and O–H groups in total. The van der Waals surface area contributed by atoms with Gasteiger partial charge in [-0.1, -0.05) is 48.5 Å². The fraction of sp³-hybridized carbons (Fsp3) is 0.0667. The Morgan fingerprint density at radius 2 is 1.60 bits per heavy atom. The molecule has 5 heteroatoms. The van der Waals surface area contributed by atoms with Crippen LogP contribution in [0, 0.1) is 0 Å². The second-order valence-corrected chi connectivity index (χ2v) is 4.66. The van der Waals surface area contributed by atoms with E-state index in [1.165, 1.54) is 5.01 Å². The third-order valence-corrected chi connectivity index (χ3v) is 2.79. The highest BCUT2D eigenvalue weighted by Crippen LogP contribution is 2.08. The molecule has 102 valence electrons. The van der Waals surface area contributed by atoms with Crippen LogP contribution in [0.2, 0.25) is 0 Å². The number of benzene rings is 2. The van der Waals surface area contributed by atoms with Gasteiger partial charge in [-0.15, -0.1) is 0 Å². The van der Waals surface area contributed by atoms with Gasteiger partial charge in [0.15, 0.2) is 5.11 Å². The monoisotopic (exact) mass is 285 g/mol. The number of thiocarbonyl (C=S) groups is 1. The van der Waals surface area contributed by atoms with Gasteiger partial charge in [0, 0.05) is 5.56 Å². The van der Waals surface area contributed by atoms with Gasteiger partial charge in [-0.05, 0) is 29.9 Å². The lowest BCUT2D eigenvalue weighted by Crippen LogP contribution is -2.47. The average molecular weight is 285 g/mol. The Hall–Kier alpha value is -2.40. The maximum absolute atomic E-state index is 12.4. The van der Waals surface area contributed by atoms with E-state index >= 15 is 0 Å². The third kappa shape index (κ3) is 3.80. The van der Waals surface area contributed by atoms with Crippen LogP contribution in [0.5, 0.6) is 0 Å². The number of hydrazine groups is 1. The third-order valence-electron chi connectivity index (χ3n) is 2.69. The number of hydrogen-bond acceptors (Lipinski definition) is 2. The Balaban J connectivity index is 2.19. The average Bonchev–Trinajstić information content (AvgIpc) is 2.47. The van der Waals surface area contributed by atoms with E-state index in [2.05, 4.69) is 5.43 Å². The molecule has 0 fully saturated rings. The van der Waals surface area contributed by atoms with Crippen molar-refractivity contribution < 1.29 is 4.79 Å². The lowest BCUT2D eigenvalue weighted by atomic mass is 10.2. The van der Waals surface area contributed by atoms with Crippen LogP contribution in [0.1, 0.15) is 15.9 Å². The van der Waals surface area contributed by atoms with Crippen molar-refractivity contribution in [2.45, 2.75) is 6.54 Å². The molecule has 4 nitrogen and oxygen atoms in total. The summed E-state index contributed by atoms with van der Waals surface area (Å²) in [6.45, 7) is 0.381. The van der Waals surface area contributed by atoms with E-state index in [1.54, 1.807) is 12.1 Å². The van der Waals surface area contributed by atoms with Gasteiger partial charge >= 0.3 is 0 Å². The summed E-state index contributed by atoms with van der Waals surface area (Å²) in [6, 6.07) is 18.6. The van der Waals surface area contributed by atoms with Crippen molar-refractivity contribution in [2.24, 2.45) is 5.73 Å². The zero-order chi connectivity index (χ0) is 14.4. The van der Waals surface area contributed by atoms with Crippen LogP contribution in [-0.4, -0.2) is 16.0 Å². The lowest BCUT2D eigenvalue weighted by molar-refractivity contribution is 0.0696. The first-order valence-corrected chi connectivity index (χ1v) is 6.54. The summed E-state index contributed by atoms with van der Waals surface area (Å²) >= 11 is 4.83. The van der Waals surface area contributed by atoms with Crippen molar-refractivity contribution in [3.8, 4) is 0 Å². The van der Waals surface area contributed by atoms with Gasteiger partial charge in [-0.2, -0.15) is 0 Å². The fourth-order valence-corrected chi connectivity index (χ4v) is 1.91. The molecule has 0 aliphatic heterocycles. The fourth-order valence-electron chi connectivity index (χ4n) is 1.80. The van der Waals surface area contributed by atoms with Crippen molar-refractivity contribution in [1.29, 1.82) is 0 Å². The molecule has 20 heavy (non-hydrogen) atoms. The number of nitrogens with one attached hydrogen (secondary N) is 1. The first-order chi connectivity index (χ1) is 9.66. The topological polar surface area (TPSA) is 58.4 Å². The van der Waals surface area contributed by atoms with E-state index in [0.717, 1.165) is 5.56 Å². The quantitative estimate of drug-likeness (QED) is 0.669. The molecule has 0 aromatic heterocycles. The molecule has 0 heterocycles. The minimum Gasteiger partial charge on any atom is -0.375 e. The van der Waals surface area contributed by atoms with Crippen molar-refractivity contribution in [3.05, 3.63) is 71.8 Å². The summed E-state index contributed by atoms with van der Waals surface area (Å²) in [4.78, 5) is 12.4. The molecule has 0 bridgehead atoms. The summed E-state index contributed by atoms with van der Waals surface area (Å²) in [5.74, 6) is -0.178. The van der Waals surface area contributed by atoms with E-state index < -0.39 is 0 Å². The Labute approximate surface area is 123 Å². The molecule has 0 radical (unpaired) electrons. The standard InChI is InChI=1S/C15H15N3OS/c16-15(20)17-18(11-12-7-3-1-4-8-12)14(19)13-9-5-2-6-10-13/h1-10H,11H2,(H3,16,17,20). The molecule has 2 aromatic carbocycles. The molecule has 1 amide bonds. The molecule has 0 aliphatic rings. The molecule has 0 saturated carbocycles. The smallest absolute Gasteiger partial charge is 0.272 e. The first kappa shape index (κ1) is 14.0. The summed E-state index contributed by atoms with van der Waals surface area (Å²) in [7, 11) is 0. The van der Waals surface area contributed by atoms with Crippen LogP contribution >= 0.6 is 12.2 Å². The normalized spacial score (nSPS) is 9.80. The van der Waals surface area contributed by atoms with Gasteiger partial charge < -0.3 is 5.73 Å². The maximum atomic E-state index is 12.4.